The van der Waals surface area contributed by atoms with Crippen molar-refractivity contribution in [3.05, 3.63) is 15.5 Å². The summed E-state index contributed by atoms with van der Waals surface area (Å²) in [6.45, 7) is 6.92. The summed E-state index contributed by atoms with van der Waals surface area (Å²) in [5.41, 5.74) is 0.249. The van der Waals surface area contributed by atoms with E-state index in [2.05, 4.69) is 31.2 Å². The van der Waals surface area contributed by atoms with Crippen LogP contribution in [0.2, 0.25) is 5.28 Å². The zero-order chi connectivity index (χ0) is 18.9. The first-order valence-electron chi connectivity index (χ1n) is 7.40. The van der Waals surface area contributed by atoms with Gasteiger partial charge in [-0.3, -0.25) is 0 Å². The summed E-state index contributed by atoms with van der Waals surface area (Å²) in [6, 6.07) is -0.659. The van der Waals surface area contributed by atoms with Gasteiger partial charge in [0, 0.05) is 0 Å². The highest BCUT2D eigenvalue weighted by Crippen LogP contribution is 2.38. The summed E-state index contributed by atoms with van der Waals surface area (Å²) in [5.74, 6) is 0.227. The smallest absolute Gasteiger partial charge is 0.407 e. The molecule has 0 unspecified atom stereocenters. The van der Waals surface area contributed by atoms with Crippen LogP contribution < -0.4 is 5.32 Å². The maximum Gasteiger partial charge on any atom is 0.407 e. The number of carbonyl (C=O) groups excluding carboxylic acids is 1. The number of furan rings is 1. The minimum absolute atomic E-state index is 0.0827. The number of fused-ring (bicyclic) bond motifs is 1. The number of thioether (sulfide) groups is 1. The number of alkyl carbamates (subject to hydrolysis) is 1. The van der Waals surface area contributed by atoms with E-state index in [4.69, 9.17) is 20.8 Å². The Labute approximate surface area is 163 Å². The van der Waals surface area contributed by atoms with Gasteiger partial charge in [0.15, 0.2) is 11.3 Å². The summed E-state index contributed by atoms with van der Waals surface area (Å²) >= 11 is 10.6. The minimum atomic E-state index is -1.12. The van der Waals surface area contributed by atoms with E-state index < -0.39 is 23.8 Å². The summed E-state index contributed by atoms with van der Waals surface area (Å²) in [4.78, 5) is 20.1. The van der Waals surface area contributed by atoms with Crippen LogP contribution in [0.4, 0.5) is 4.79 Å². The van der Waals surface area contributed by atoms with Gasteiger partial charge in [-0.2, -0.15) is 0 Å². The molecule has 0 bridgehead atoms. The highest BCUT2D eigenvalue weighted by molar-refractivity contribution is 9.10. The van der Waals surface area contributed by atoms with Crippen LogP contribution in [0, 0.1) is 0 Å². The van der Waals surface area contributed by atoms with Crippen LogP contribution in [0.25, 0.3) is 11.1 Å². The van der Waals surface area contributed by atoms with Crippen molar-refractivity contribution in [2.24, 2.45) is 0 Å². The zero-order valence-corrected chi connectivity index (χ0v) is 17.5. The summed E-state index contributed by atoms with van der Waals surface area (Å²) in [5, 5.41) is 13.8. The molecular weight excluding hydrogens is 434 g/mol. The number of hydrogen-bond acceptors (Lipinski definition) is 7. The number of aromatic nitrogens is 2. The predicted octanol–water partition coefficient (Wildman–Crippen LogP) is 4.31. The van der Waals surface area contributed by atoms with E-state index in [-0.39, 0.29) is 11.0 Å². The van der Waals surface area contributed by atoms with Gasteiger partial charge in [0.05, 0.1) is 10.5 Å². The quantitative estimate of drug-likeness (QED) is 0.405. The number of hydrogen-bond donors (Lipinski definition) is 2. The molecule has 7 nitrogen and oxygen atoms in total. The Kier molecular flexibility index (Phi) is 6.24. The largest absolute Gasteiger partial charge is 0.452 e. The van der Waals surface area contributed by atoms with E-state index >= 15 is 0 Å². The van der Waals surface area contributed by atoms with Gasteiger partial charge >= 0.3 is 6.09 Å². The normalized spacial score (nSPS) is 14.4. The maximum atomic E-state index is 11.9. The second-order valence-corrected chi connectivity index (χ2v) is 8.27. The van der Waals surface area contributed by atoms with Gasteiger partial charge in [-0.15, -0.1) is 11.8 Å². The van der Waals surface area contributed by atoms with Gasteiger partial charge in [-0.1, -0.05) is 0 Å². The lowest BCUT2D eigenvalue weighted by molar-refractivity contribution is 0.0416. The molecule has 0 aliphatic heterocycles. The molecule has 2 atom stereocenters. The van der Waals surface area contributed by atoms with Crippen molar-refractivity contribution in [1.82, 2.24) is 15.3 Å². The minimum Gasteiger partial charge on any atom is -0.452 e. The van der Waals surface area contributed by atoms with Crippen molar-refractivity contribution in [3.63, 3.8) is 0 Å². The van der Waals surface area contributed by atoms with Crippen molar-refractivity contribution in [2.75, 3.05) is 6.26 Å². The molecule has 0 saturated carbocycles. The second kappa shape index (κ2) is 7.69. The molecular formula is C15H19BrClN3O4S. The van der Waals surface area contributed by atoms with Crippen LogP contribution >= 0.6 is 39.3 Å². The van der Waals surface area contributed by atoms with Crippen molar-refractivity contribution < 1.29 is 19.1 Å². The molecule has 2 aromatic heterocycles. The summed E-state index contributed by atoms with van der Waals surface area (Å²) in [6.07, 6.45) is 0.0839. The highest BCUT2D eigenvalue weighted by Gasteiger charge is 2.29. The molecule has 1 amide bonds. The van der Waals surface area contributed by atoms with Gasteiger partial charge in [0.2, 0.25) is 5.28 Å². The number of aliphatic hydroxyl groups is 1. The molecule has 2 aromatic rings. The number of rotatable bonds is 4. The van der Waals surface area contributed by atoms with Crippen LogP contribution in [0.5, 0.6) is 0 Å². The fraction of sp³-hybridized carbons (Fsp3) is 0.533. The molecule has 0 aliphatic carbocycles. The molecule has 25 heavy (non-hydrogen) atoms. The molecule has 2 heterocycles. The standard InChI is InChI=1S/C15H19BrClN3O4S/c1-6(18-14(22)24-15(2,3)4)9(21)10-7(16)8-11(23-10)12(25-5)20-13(17)19-8/h6,9,21H,1-5H3,(H,18,22)/t6-,9-/m0/s1. The first kappa shape index (κ1) is 20.3. The first-order chi connectivity index (χ1) is 11.5. The molecule has 0 fully saturated rings. The number of halogens is 2. The van der Waals surface area contributed by atoms with Crippen molar-refractivity contribution in [1.29, 1.82) is 0 Å². The van der Waals surface area contributed by atoms with Crippen LogP contribution in [0.1, 0.15) is 39.6 Å². The Hall–Kier alpha value is -1.03. The van der Waals surface area contributed by atoms with E-state index in [1.807, 2.05) is 6.26 Å². The highest BCUT2D eigenvalue weighted by atomic mass is 79.9. The first-order valence-corrected chi connectivity index (χ1v) is 9.80. The third-order valence-electron chi connectivity index (χ3n) is 3.12. The number of aliphatic hydroxyl groups excluding tert-OH is 1. The molecule has 0 saturated heterocycles. The van der Waals surface area contributed by atoms with E-state index in [9.17, 15) is 9.90 Å². The van der Waals surface area contributed by atoms with Gasteiger partial charge in [-0.25, -0.2) is 14.8 Å². The fourth-order valence-electron chi connectivity index (χ4n) is 2.04. The molecule has 138 valence electrons. The third-order valence-corrected chi connectivity index (χ3v) is 4.72. The van der Waals surface area contributed by atoms with Crippen LogP contribution in [0.3, 0.4) is 0 Å². The Morgan fingerprint density at radius 2 is 2.08 bits per heavy atom. The molecule has 0 radical (unpaired) electrons. The lowest BCUT2D eigenvalue weighted by Crippen LogP contribution is -2.40. The maximum absolute atomic E-state index is 11.9. The van der Waals surface area contributed by atoms with Crippen LogP contribution in [-0.4, -0.2) is 39.1 Å². The van der Waals surface area contributed by atoms with Crippen molar-refractivity contribution >= 4 is 56.5 Å². The summed E-state index contributed by atoms with van der Waals surface area (Å²) in [7, 11) is 0. The van der Waals surface area contributed by atoms with Crippen LogP contribution in [0.15, 0.2) is 13.9 Å². The van der Waals surface area contributed by atoms with Gasteiger partial charge in [-0.05, 0) is 61.5 Å². The SMILES string of the molecule is CSc1nc(Cl)nc2c(Br)c([C@@H](O)[C@H](C)NC(=O)OC(C)(C)C)oc12. The van der Waals surface area contributed by atoms with E-state index in [1.54, 1.807) is 27.7 Å². The van der Waals surface area contributed by atoms with Gasteiger partial charge < -0.3 is 19.6 Å². The topological polar surface area (TPSA) is 97.5 Å². The Morgan fingerprint density at radius 1 is 1.44 bits per heavy atom. The number of carbonyl (C=O) groups is 1. The lowest BCUT2D eigenvalue weighted by atomic mass is 10.1. The molecule has 2 rings (SSSR count). The number of nitrogens with one attached hydrogen (secondary N) is 1. The molecule has 0 aliphatic rings. The van der Waals surface area contributed by atoms with E-state index in [1.165, 1.54) is 11.8 Å². The lowest BCUT2D eigenvalue weighted by Gasteiger charge is -2.23. The average Bonchev–Trinajstić information content (AvgIpc) is 2.81. The zero-order valence-electron chi connectivity index (χ0n) is 14.4. The molecule has 2 N–H and O–H groups in total. The van der Waals surface area contributed by atoms with Crippen molar-refractivity contribution in [3.8, 4) is 0 Å². The average molecular weight is 453 g/mol. The van der Waals surface area contributed by atoms with Crippen molar-refractivity contribution in [2.45, 2.75) is 50.5 Å². The molecule has 10 heteroatoms. The van der Waals surface area contributed by atoms with E-state index in [0.29, 0.717) is 20.6 Å². The summed E-state index contributed by atoms with van der Waals surface area (Å²) < 4.78 is 11.4. The van der Waals surface area contributed by atoms with Crippen LogP contribution in [-0.2, 0) is 4.74 Å². The van der Waals surface area contributed by atoms with E-state index in [0.717, 1.165) is 0 Å². The van der Waals surface area contributed by atoms with Gasteiger partial charge in [0.1, 0.15) is 22.2 Å². The monoisotopic (exact) mass is 451 g/mol. The fourth-order valence-corrected chi connectivity index (χ4v) is 3.35. The Morgan fingerprint density at radius 3 is 2.64 bits per heavy atom. The predicted molar refractivity (Wildman–Crippen MR) is 100 cm³/mol. The Balaban J connectivity index is 2.28. The molecule has 0 aromatic carbocycles. The number of ether oxygens (including phenoxy) is 1. The second-order valence-electron chi connectivity index (χ2n) is 6.34. The third kappa shape index (κ3) is 4.78. The van der Waals surface area contributed by atoms with Gasteiger partial charge in [0.25, 0.3) is 0 Å². The number of nitrogens with zero attached hydrogens (tertiary/aromatic N) is 2. The number of amides is 1. The molecule has 0 spiro atoms. The Bertz CT molecular complexity index is 793.